The molecule has 0 radical (unpaired) electrons. The van der Waals surface area contributed by atoms with Gasteiger partial charge in [-0.1, -0.05) is 45.4 Å². The van der Waals surface area contributed by atoms with Crippen molar-refractivity contribution in [1.82, 2.24) is 9.97 Å². The minimum Gasteiger partial charge on any atom is -0.254 e. The lowest BCUT2D eigenvalue weighted by atomic mass is 10.0. The molecule has 0 aliphatic carbocycles. The van der Waals surface area contributed by atoms with E-state index >= 15 is 0 Å². The highest BCUT2D eigenvalue weighted by atomic mass is 32.1. The molecule has 2 rings (SSSR count). The molecule has 3 heteroatoms. The van der Waals surface area contributed by atoms with Crippen LogP contribution >= 0.6 is 11.3 Å². The predicted octanol–water partition coefficient (Wildman–Crippen LogP) is 5.50. The highest BCUT2D eigenvalue weighted by Crippen LogP contribution is 2.21. The molecule has 0 fully saturated rings. The molecule has 2 aromatic rings. The van der Waals surface area contributed by atoms with E-state index in [1.807, 2.05) is 17.8 Å². The fraction of sp³-hybridized carbons (Fsp3) is 0.529. The largest absolute Gasteiger partial charge is 0.254 e. The van der Waals surface area contributed by atoms with E-state index in [0.29, 0.717) is 0 Å². The Morgan fingerprint density at radius 3 is 2.50 bits per heavy atom. The van der Waals surface area contributed by atoms with Crippen molar-refractivity contribution in [3.8, 4) is 10.7 Å². The topological polar surface area (TPSA) is 25.8 Å². The van der Waals surface area contributed by atoms with Crippen LogP contribution < -0.4 is 0 Å². The van der Waals surface area contributed by atoms with Gasteiger partial charge in [-0.2, -0.15) is 0 Å². The Hall–Kier alpha value is -1.22. The molecule has 2 nitrogen and oxygen atoms in total. The lowest BCUT2D eigenvalue weighted by molar-refractivity contribution is 0.589. The molecule has 0 unspecified atom stereocenters. The summed E-state index contributed by atoms with van der Waals surface area (Å²) in [5.41, 5.74) is 2.40. The highest BCUT2D eigenvalue weighted by Gasteiger charge is 2.03. The van der Waals surface area contributed by atoms with Gasteiger partial charge < -0.3 is 0 Å². The van der Waals surface area contributed by atoms with Crippen LogP contribution in [0.2, 0.25) is 0 Å². The summed E-state index contributed by atoms with van der Waals surface area (Å²) < 4.78 is 0. The zero-order valence-electron chi connectivity index (χ0n) is 12.3. The maximum absolute atomic E-state index is 4.41. The smallest absolute Gasteiger partial charge is 0.141 e. The number of aromatic nitrogens is 2. The monoisotopic (exact) mass is 288 g/mol. The summed E-state index contributed by atoms with van der Waals surface area (Å²) in [6.07, 6.45) is 14.4. The fourth-order valence-electron chi connectivity index (χ4n) is 2.38. The minimum atomic E-state index is 1.01. The number of rotatable bonds is 9. The van der Waals surface area contributed by atoms with Gasteiger partial charge in [0, 0.05) is 17.8 Å². The van der Waals surface area contributed by atoms with E-state index in [1.165, 1.54) is 50.5 Å². The second kappa shape index (κ2) is 8.85. The molecular weight excluding hydrogens is 264 g/mol. The van der Waals surface area contributed by atoms with Crippen LogP contribution in [0.5, 0.6) is 0 Å². The molecule has 0 aliphatic heterocycles. The van der Waals surface area contributed by atoms with Crippen LogP contribution in [0.4, 0.5) is 0 Å². The van der Waals surface area contributed by atoms with Gasteiger partial charge in [0.05, 0.1) is 5.69 Å². The predicted molar refractivity (Wildman–Crippen MR) is 87.0 cm³/mol. The molecule has 0 atom stereocenters. The van der Waals surface area contributed by atoms with Crippen LogP contribution in [-0.2, 0) is 6.42 Å². The third kappa shape index (κ3) is 5.04. The molecule has 0 saturated carbocycles. The van der Waals surface area contributed by atoms with Crippen molar-refractivity contribution in [1.29, 1.82) is 0 Å². The normalized spacial score (nSPS) is 10.8. The van der Waals surface area contributed by atoms with Gasteiger partial charge >= 0.3 is 0 Å². The van der Waals surface area contributed by atoms with Crippen molar-refractivity contribution in [2.75, 3.05) is 0 Å². The Kier molecular flexibility index (Phi) is 6.72. The van der Waals surface area contributed by atoms with Gasteiger partial charge in [0.2, 0.25) is 0 Å². The van der Waals surface area contributed by atoms with Crippen LogP contribution in [-0.4, -0.2) is 9.97 Å². The zero-order chi connectivity index (χ0) is 14.0. The Morgan fingerprint density at radius 1 is 0.950 bits per heavy atom. The highest BCUT2D eigenvalue weighted by molar-refractivity contribution is 7.13. The van der Waals surface area contributed by atoms with Gasteiger partial charge in [-0.3, -0.25) is 4.98 Å². The summed E-state index contributed by atoms with van der Waals surface area (Å²) >= 11 is 1.65. The number of nitrogens with zero attached hydrogens (tertiary/aromatic N) is 2. The van der Waals surface area contributed by atoms with Gasteiger partial charge in [-0.05, 0) is 30.5 Å². The molecule has 0 amide bonds. The van der Waals surface area contributed by atoms with Crippen molar-refractivity contribution >= 4 is 11.3 Å². The van der Waals surface area contributed by atoms with E-state index in [2.05, 4.69) is 29.0 Å². The first-order chi connectivity index (χ1) is 9.90. The second-order valence-corrected chi connectivity index (χ2v) is 6.15. The number of aryl methyl sites for hydroxylation is 1. The third-order valence-corrected chi connectivity index (χ3v) is 4.34. The number of unbranched alkanes of at least 4 members (excludes halogenated alkanes) is 6. The van der Waals surface area contributed by atoms with E-state index < -0.39 is 0 Å². The van der Waals surface area contributed by atoms with Crippen LogP contribution in [0, 0.1) is 0 Å². The zero-order valence-corrected chi connectivity index (χ0v) is 13.2. The average Bonchev–Trinajstić information content (AvgIpc) is 3.01. The Labute approximate surface area is 126 Å². The summed E-state index contributed by atoms with van der Waals surface area (Å²) in [6, 6.07) is 4.32. The molecule has 2 aromatic heterocycles. The first-order valence-corrected chi connectivity index (χ1v) is 8.63. The first-order valence-electron chi connectivity index (χ1n) is 7.75. The van der Waals surface area contributed by atoms with Crippen molar-refractivity contribution < 1.29 is 0 Å². The summed E-state index contributed by atoms with van der Waals surface area (Å²) in [6.45, 7) is 2.27. The molecule has 20 heavy (non-hydrogen) atoms. The average molecular weight is 288 g/mol. The van der Waals surface area contributed by atoms with Crippen LogP contribution in [0.25, 0.3) is 10.7 Å². The molecule has 0 spiro atoms. The van der Waals surface area contributed by atoms with Crippen LogP contribution in [0.3, 0.4) is 0 Å². The quantitative estimate of drug-likeness (QED) is 0.569. The number of hydrogen-bond donors (Lipinski definition) is 0. The van der Waals surface area contributed by atoms with E-state index in [-0.39, 0.29) is 0 Å². The van der Waals surface area contributed by atoms with E-state index in [4.69, 9.17) is 0 Å². The minimum absolute atomic E-state index is 1.01. The Morgan fingerprint density at radius 2 is 1.75 bits per heavy atom. The molecule has 0 bridgehead atoms. The van der Waals surface area contributed by atoms with Gasteiger partial charge in [0.1, 0.15) is 5.01 Å². The summed E-state index contributed by atoms with van der Waals surface area (Å²) in [4.78, 5) is 8.73. The number of pyridine rings is 1. The summed E-state index contributed by atoms with van der Waals surface area (Å²) in [5, 5.41) is 3.02. The standard InChI is InChI=1S/C17H24N2S/c1-2-3-4-5-6-7-8-9-15-10-11-18-16(14-15)17-19-12-13-20-17/h10-14H,2-9H2,1H3. The van der Waals surface area contributed by atoms with Crippen molar-refractivity contribution in [3.05, 3.63) is 35.5 Å². The van der Waals surface area contributed by atoms with E-state index in [0.717, 1.165) is 17.1 Å². The Bertz CT molecular complexity index is 479. The maximum atomic E-state index is 4.41. The number of thiazole rings is 1. The molecule has 2 heterocycles. The maximum Gasteiger partial charge on any atom is 0.141 e. The third-order valence-electron chi connectivity index (χ3n) is 3.54. The summed E-state index contributed by atoms with van der Waals surface area (Å²) in [5.74, 6) is 0. The van der Waals surface area contributed by atoms with Crippen molar-refractivity contribution in [2.24, 2.45) is 0 Å². The molecule has 108 valence electrons. The molecule has 0 aromatic carbocycles. The van der Waals surface area contributed by atoms with Gasteiger partial charge in [0.15, 0.2) is 0 Å². The number of hydrogen-bond acceptors (Lipinski definition) is 3. The second-order valence-electron chi connectivity index (χ2n) is 5.26. The van der Waals surface area contributed by atoms with Crippen molar-refractivity contribution in [2.45, 2.75) is 58.3 Å². The van der Waals surface area contributed by atoms with Crippen molar-refractivity contribution in [3.63, 3.8) is 0 Å². The summed E-state index contributed by atoms with van der Waals surface area (Å²) in [7, 11) is 0. The van der Waals surface area contributed by atoms with Gasteiger partial charge in [-0.15, -0.1) is 11.3 Å². The van der Waals surface area contributed by atoms with E-state index in [9.17, 15) is 0 Å². The Balaban J connectivity index is 1.72. The lowest BCUT2D eigenvalue weighted by Gasteiger charge is -2.03. The SMILES string of the molecule is CCCCCCCCCc1ccnc(-c2nccs2)c1. The van der Waals surface area contributed by atoms with Gasteiger partial charge in [0.25, 0.3) is 0 Å². The van der Waals surface area contributed by atoms with Crippen LogP contribution in [0.15, 0.2) is 29.9 Å². The molecule has 0 saturated heterocycles. The molecular formula is C17H24N2S. The van der Waals surface area contributed by atoms with Crippen LogP contribution in [0.1, 0.15) is 57.4 Å². The van der Waals surface area contributed by atoms with Gasteiger partial charge in [-0.25, -0.2) is 4.98 Å². The fourth-order valence-corrected chi connectivity index (χ4v) is 2.99. The lowest BCUT2D eigenvalue weighted by Crippen LogP contribution is -1.89. The first kappa shape index (κ1) is 15.2. The van der Waals surface area contributed by atoms with E-state index in [1.54, 1.807) is 11.3 Å². The molecule has 0 aliphatic rings. The molecule has 0 N–H and O–H groups in total.